The second-order valence-corrected chi connectivity index (χ2v) is 12.7. The summed E-state index contributed by atoms with van der Waals surface area (Å²) >= 11 is 0. The van der Waals surface area contributed by atoms with Crippen molar-refractivity contribution in [2.75, 3.05) is 0 Å². The van der Waals surface area contributed by atoms with Gasteiger partial charge in [0.05, 0.1) is 16.6 Å². The van der Waals surface area contributed by atoms with E-state index in [-0.39, 0.29) is 6.04 Å². The van der Waals surface area contributed by atoms with Crippen LogP contribution in [0.15, 0.2) is 152 Å². The maximum atomic E-state index is 2.58. The normalized spacial score (nSPS) is 16.1. The van der Waals surface area contributed by atoms with E-state index in [0.29, 0.717) is 0 Å². The van der Waals surface area contributed by atoms with E-state index in [1.165, 1.54) is 88.6 Å². The molecule has 1 aliphatic heterocycles. The highest BCUT2D eigenvalue weighted by Gasteiger charge is 2.37. The Morgan fingerprint density at radius 3 is 2.30 bits per heavy atom. The van der Waals surface area contributed by atoms with Crippen LogP contribution in [0.2, 0.25) is 0 Å². The molecule has 1 atom stereocenters. The quantitative estimate of drug-likeness (QED) is 0.179. The van der Waals surface area contributed by atoms with Crippen molar-refractivity contribution in [3.8, 4) is 16.8 Å². The molecule has 0 bridgehead atoms. The molecule has 214 valence electrons. The predicted octanol–water partition coefficient (Wildman–Crippen LogP) is 10.4. The zero-order valence-corrected chi connectivity index (χ0v) is 25.1. The third-order valence-corrected chi connectivity index (χ3v) is 10.4. The van der Waals surface area contributed by atoms with Gasteiger partial charge in [-0.15, -0.1) is 0 Å². The molecule has 0 amide bonds. The summed E-state index contributed by atoms with van der Waals surface area (Å²) in [6, 6.07) is 47.4. The van der Waals surface area contributed by atoms with Crippen LogP contribution in [-0.2, 0) is 6.42 Å². The molecule has 0 saturated carbocycles. The van der Waals surface area contributed by atoms with Gasteiger partial charge in [-0.25, -0.2) is 0 Å². The molecule has 0 spiro atoms. The summed E-state index contributed by atoms with van der Waals surface area (Å²) in [5, 5.41) is 5.14. The number of fused-ring (bicyclic) bond motifs is 11. The lowest BCUT2D eigenvalue weighted by atomic mass is 10.0. The molecule has 1 unspecified atom stereocenters. The molecule has 3 nitrogen and oxygen atoms in total. The van der Waals surface area contributed by atoms with Gasteiger partial charge in [-0.1, -0.05) is 97.1 Å². The first-order valence-electron chi connectivity index (χ1n) is 16.1. The molecule has 8 aromatic rings. The predicted molar refractivity (Wildman–Crippen MR) is 192 cm³/mol. The van der Waals surface area contributed by atoms with Crippen LogP contribution < -0.4 is 4.58 Å². The van der Waals surface area contributed by atoms with Crippen LogP contribution in [0.5, 0.6) is 0 Å². The third-order valence-electron chi connectivity index (χ3n) is 10.4. The van der Waals surface area contributed by atoms with Gasteiger partial charge in [0.25, 0.3) is 0 Å². The lowest BCUT2D eigenvalue weighted by Gasteiger charge is -2.24. The molecule has 0 saturated heterocycles. The van der Waals surface area contributed by atoms with Crippen molar-refractivity contribution >= 4 is 60.7 Å². The van der Waals surface area contributed by atoms with Gasteiger partial charge in [0.2, 0.25) is 17.1 Å². The number of rotatable bonds is 2. The average molecular weight is 587 g/mol. The SMILES string of the molecule is C1=CC2=[N+](c3ccccc3)c3cccc4c5cc6c(cc5n(c34)C2C=C1)c1ccccc1n6-c1ccc2c(c1)-c1ccccc1C2. The summed E-state index contributed by atoms with van der Waals surface area (Å²) in [7, 11) is 0. The number of allylic oxidation sites excluding steroid dienone is 4. The molecule has 0 fully saturated rings. The standard InChI is InChI=1S/C43H28N3/c1-2-12-29(13-3-1)44-38-18-8-9-19-39(38)46-42-25-35-32-15-6-7-17-37(32)45(41(35)26-36(42)33-16-10-20-40(44)43(33)46)30-22-21-28-23-27-11-4-5-14-31(27)34(28)24-30/h1-22,24-26,39H,23H2/q+1. The Labute approximate surface area is 265 Å². The molecule has 2 aliphatic carbocycles. The summed E-state index contributed by atoms with van der Waals surface area (Å²) in [5.41, 5.74) is 15.5. The van der Waals surface area contributed by atoms with Gasteiger partial charge in [0.1, 0.15) is 11.6 Å². The largest absolute Gasteiger partial charge is 0.318 e. The van der Waals surface area contributed by atoms with Crippen molar-refractivity contribution in [1.82, 2.24) is 13.7 Å². The number of hydrogen-bond acceptors (Lipinski definition) is 0. The van der Waals surface area contributed by atoms with Crippen molar-refractivity contribution in [2.24, 2.45) is 0 Å². The maximum absolute atomic E-state index is 2.58. The Morgan fingerprint density at radius 1 is 0.565 bits per heavy atom. The zero-order chi connectivity index (χ0) is 29.9. The summed E-state index contributed by atoms with van der Waals surface area (Å²) < 4.78 is 7.51. The highest BCUT2D eigenvalue weighted by Crippen LogP contribution is 2.46. The first kappa shape index (κ1) is 24.4. The van der Waals surface area contributed by atoms with E-state index in [0.717, 1.165) is 6.42 Å². The molecule has 3 aliphatic rings. The van der Waals surface area contributed by atoms with Crippen LogP contribution >= 0.6 is 0 Å². The lowest BCUT2D eigenvalue weighted by molar-refractivity contribution is 0.781. The van der Waals surface area contributed by atoms with Gasteiger partial charge in [0.15, 0.2) is 0 Å². The van der Waals surface area contributed by atoms with Crippen molar-refractivity contribution < 1.29 is 0 Å². The monoisotopic (exact) mass is 586 g/mol. The molecule has 0 N–H and O–H groups in total. The van der Waals surface area contributed by atoms with Crippen LogP contribution in [0, 0.1) is 0 Å². The minimum absolute atomic E-state index is 0.0997. The number of aromatic nitrogens is 2. The first-order valence-corrected chi connectivity index (χ1v) is 16.1. The Balaban J connectivity index is 1.23. The van der Waals surface area contributed by atoms with Gasteiger partial charge in [-0.05, 0) is 59.0 Å². The van der Waals surface area contributed by atoms with Gasteiger partial charge >= 0.3 is 0 Å². The van der Waals surface area contributed by atoms with Crippen molar-refractivity contribution in [2.45, 2.75) is 12.5 Å². The summed E-state index contributed by atoms with van der Waals surface area (Å²) in [6.45, 7) is 0. The smallest absolute Gasteiger partial charge is 0.235 e. The Morgan fingerprint density at radius 2 is 1.35 bits per heavy atom. The molecular weight excluding hydrogens is 558 g/mol. The second kappa shape index (κ2) is 8.83. The molecule has 2 aromatic heterocycles. The van der Waals surface area contributed by atoms with E-state index >= 15 is 0 Å². The van der Waals surface area contributed by atoms with E-state index in [4.69, 9.17) is 0 Å². The minimum atomic E-state index is 0.0997. The molecule has 0 radical (unpaired) electrons. The minimum Gasteiger partial charge on any atom is -0.318 e. The van der Waals surface area contributed by atoms with Crippen molar-refractivity contribution in [1.29, 1.82) is 0 Å². The number of para-hydroxylation sites is 3. The number of hydrogen-bond donors (Lipinski definition) is 0. The molecular formula is C43H28N3+. The van der Waals surface area contributed by atoms with E-state index in [9.17, 15) is 0 Å². The molecule has 6 aromatic carbocycles. The Kier molecular flexibility index (Phi) is 4.68. The summed E-state index contributed by atoms with van der Waals surface area (Å²) in [4.78, 5) is 0. The van der Waals surface area contributed by atoms with E-state index in [1.54, 1.807) is 0 Å². The van der Waals surface area contributed by atoms with Crippen molar-refractivity contribution in [3.63, 3.8) is 0 Å². The molecule has 3 heterocycles. The fraction of sp³-hybridized carbons (Fsp3) is 0.0465. The molecule has 46 heavy (non-hydrogen) atoms. The van der Waals surface area contributed by atoms with E-state index < -0.39 is 0 Å². The summed E-state index contributed by atoms with van der Waals surface area (Å²) in [5.74, 6) is 0. The third kappa shape index (κ3) is 3.09. The number of nitrogens with zero attached hydrogens (tertiary/aromatic N) is 3. The van der Waals surface area contributed by atoms with Crippen molar-refractivity contribution in [3.05, 3.63) is 163 Å². The van der Waals surface area contributed by atoms with Crippen LogP contribution in [0.25, 0.3) is 60.4 Å². The van der Waals surface area contributed by atoms with Gasteiger partial charge in [-0.3, -0.25) is 0 Å². The molecule has 3 heteroatoms. The Hall–Kier alpha value is -5.93. The molecule has 11 rings (SSSR count). The first-order chi connectivity index (χ1) is 22.8. The van der Waals surface area contributed by atoms with E-state index in [1.807, 2.05) is 0 Å². The highest BCUT2D eigenvalue weighted by atomic mass is 15.2. The maximum Gasteiger partial charge on any atom is 0.235 e. The van der Waals surface area contributed by atoms with E-state index in [2.05, 4.69) is 165 Å². The Bertz CT molecular complexity index is 2710. The van der Waals surface area contributed by atoms with Crippen LogP contribution in [0.3, 0.4) is 0 Å². The second-order valence-electron chi connectivity index (χ2n) is 12.7. The van der Waals surface area contributed by atoms with Gasteiger partial charge in [0, 0.05) is 51.5 Å². The van der Waals surface area contributed by atoms with Gasteiger partial charge in [-0.2, -0.15) is 4.58 Å². The number of benzene rings is 6. The topological polar surface area (TPSA) is 12.9 Å². The highest BCUT2D eigenvalue weighted by molar-refractivity contribution is 6.22. The summed E-state index contributed by atoms with van der Waals surface area (Å²) in [6.07, 6.45) is 9.99. The van der Waals surface area contributed by atoms with Gasteiger partial charge < -0.3 is 9.13 Å². The van der Waals surface area contributed by atoms with Crippen LogP contribution in [0.1, 0.15) is 17.2 Å². The fourth-order valence-corrected chi connectivity index (χ4v) is 8.49. The average Bonchev–Trinajstić information content (AvgIpc) is 3.76. The van der Waals surface area contributed by atoms with Crippen LogP contribution in [-0.4, -0.2) is 14.8 Å². The lowest BCUT2D eigenvalue weighted by Crippen LogP contribution is -2.30. The zero-order valence-electron chi connectivity index (χ0n) is 25.1. The van der Waals surface area contributed by atoms with Crippen LogP contribution in [0.4, 0.5) is 11.4 Å². The fourth-order valence-electron chi connectivity index (χ4n) is 8.49.